The van der Waals surface area contributed by atoms with Gasteiger partial charge in [-0.15, -0.1) is 0 Å². The summed E-state index contributed by atoms with van der Waals surface area (Å²) in [6, 6.07) is 17.7. The molecule has 2 aromatic rings. The average Bonchev–Trinajstić information content (AvgIpc) is 3.16. The molecule has 0 heterocycles. The Bertz CT molecular complexity index is 940. The van der Waals surface area contributed by atoms with Gasteiger partial charge in [-0.2, -0.15) is 0 Å². The topological polar surface area (TPSA) is 24.9 Å². The van der Waals surface area contributed by atoms with Crippen LogP contribution in [0, 0.1) is 0 Å². The van der Waals surface area contributed by atoms with Crippen molar-refractivity contribution < 1.29 is 9.47 Å². The van der Waals surface area contributed by atoms with E-state index in [1.807, 2.05) is 0 Å². The van der Waals surface area contributed by atoms with Crippen LogP contribution >= 0.6 is 0 Å². The van der Waals surface area contributed by atoms with E-state index < -0.39 is 0 Å². The Labute approximate surface area is 323 Å². The summed E-state index contributed by atoms with van der Waals surface area (Å²) in [5, 5.41) is 0. The lowest BCUT2D eigenvalue weighted by molar-refractivity contribution is 0.115. The molecule has 0 radical (unpaired) electrons. The summed E-state index contributed by atoms with van der Waals surface area (Å²) < 4.78 is 12.0. The first-order chi connectivity index (χ1) is 25.6. The molecule has 0 fully saturated rings. The fourth-order valence-electron chi connectivity index (χ4n) is 7.10. The summed E-state index contributed by atoms with van der Waals surface area (Å²) in [6.07, 6.45) is 32.9. The van der Waals surface area contributed by atoms with Crippen LogP contribution in [-0.2, 0) is 22.7 Å². The van der Waals surface area contributed by atoms with E-state index in [-0.39, 0.29) is 0 Å². The van der Waals surface area contributed by atoms with Crippen LogP contribution in [0.1, 0.15) is 179 Å². The number of hydrogen-bond acceptors (Lipinski definition) is 4. The van der Waals surface area contributed by atoms with Crippen LogP contribution in [0.15, 0.2) is 48.5 Å². The summed E-state index contributed by atoms with van der Waals surface area (Å²) in [6.45, 7) is 12.5. The lowest BCUT2D eigenvalue weighted by Gasteiger charge is -2.16. The maximum absolute atomic E-state index is 6.01. The molecule has 0 aliphatic heterocycles. The van der Waals surface area contributed by atoms with Crippen molar-refractivity contribution >= 4 is 0 Å². The maximum Gasteiger partial charge on any atom is 0.0716 e. The molecule has 0 aromatic heterocycles. The summed E-state index contributed by atoms with van der Waals surface area (Å²) >= 11 is 0. The minimum absolute atomic E-state index is 0.695. The van der Waals surface area contributed by atoms with E-state index in [1.54, 1.807) is 0 Å². The third kappa shape index (κ3) is 26.1. The predicted octanol–water partition coefficient (Wildman–Crippen LogP) is 13.7. The number of nitrogens with zero attached hydrogens (tertiary/aromatic N) is 2. The summed E-state index contributed by atoms with van der Waals surface area (Å²) in [5.41, 5.74) is 5.00. The molecule has 52 heavy (non-hydrogen) atoms. The van der Waals surface area contributed by atoms with Gasteiger partial charge in [0.1, 0.15) is 0 Å². The second-order valence-corrected chi connectivity index (χ2v) is 15.9. The highest BCUT2D eigenvalue weighted by Crippen LogP contribution is 2.21. The van der Waals surface area contributed by atoms with Crippen molar-refractivity contribution in [2.24, 2.45) is 0 Å². The summed E-state index contributed by atoms with van der Waals surface area (Å²) in [7, 11) is 4.55. The predicted molar refractivity (Wildman–Crippen MR) is 228 cm³/mol. The van der Waals surface area contributed by atoms with Gasteiger partial charge in [-0.1, -0.05) is 178 Å². The van der Waals surface area contributed by atoms with Crippen molar-refractivity contribution in [3.63, 3.8) is 0 Å². The first kappa shape index (κ1) is 46.4. The number of rotatable bonds is 37. The molecule has 0 spiro atoms. The number of hydrogen-bond donors (Lipinski definition) is 0. The molecule has 0 bridgehead atoms. The standard InChI is InChI=1S/C48H84N2O2/c1-5-7-9-11-13-15-17-19-21-23-37-49(3)39-25-27-41-51-43-45-29-33-47(34-30-45)48-35-31-46(32-36-48)44-52-42-28-26-40-50(4)38-24-22-20-18-16-14-12-10-8-6-2/h29-36H,5-28,37-44H2,1-4H3. The van der Waals surface area contributed by atoms with Crippen LogP contribution in [-0.4, -0.2) is 63.3 Å². The largest absolute Gasteiger partial charge is 0.377 e. The molecule has 0 unspecified atom stereocenters. The summed E-state index contributed by atoms with van der Waals surface area (Å²) in [4.78, 5) is 5.01. The van der Waals surface area contributed by atoms with Crippen molar-refractivity contribution in [1.82, 2.24) is 9.80 Å². The Balaban J connectivity index is 1.43. The molecule has 2 aromatic carbocycles. The molecular formula is C48H84N2O2. The Kier molecular flexibility index (Phi) is 30.2. The average molecular weight is 721 g/mol. The summed E-state index contributed by atoms with van der Waals surface area (Å²) in [5.74, 6) is 0. The van der Waals surface area contributed by atoms with E-state index in [0.29, 0.717) is 13.2 Å². The second-order valence-electron chi connectivity index (χ2n) is 15.9. The first-order valence-electron chi connectivity index (χ1n) is 22.3. The molecule has 0 saturated heterocycles. The van der Waals surface area contributed by atoms with Gasteiger partial charge in [-0.25, -0.2) is 0 Å². The SMILES string of the molecule is CCCCCCCCCCCCN(C)CCCCOCc1ccc(-c2ccc(COCCCCN(C)CCCCCCCCCCCC)cc2)cc1. The molecule has 0 saturated carbocycles. The zero-order chi connectivity index (χ0) is 37.2. The molecular weight excluding hydrogens is 637 g/mol. The van der Waals surface area contributed by atoms with Crippen LogP contribution in [0.5, 0.6) is 0 Å². The van der Waals surface area contributed by atoms with Gasteiger partial charge in [0.05, 0.1) is 13.2 Å². The Hall–Kier alpha value is -1.72. The lowest BCUT2D eigenvalue weighted by atomic mass is 10.0. The highest BCUT2D eigenvalue weighted by molar-refractivity contribution is 5.63. The quantitative estimate of drug-likeness (QED) is 0.0649. The second kappa shape index (κ2) is 33.8. The number of benzene rings is 2. The Morgan fingerprint density at radius 2 is 0.615 bits per heavy atom. The minimum Gasteiger partial charge on any atom is -0.377 e. The van der Waals surface area contributed by atoms with E-state index >= 15 is 0 Å². The molecule has 0 aliphatic carbocycles. The first-order valence-corrected chi connectivity index (χ1v) is 22.3. The number of unbranched alkanes of at least 4 members (excludes halogenated alkanes) is 20. The normalized spacial score (nSPS) is 11.7. The lowest BCUT2D eigenvalue weighted by Crippen LogP contribution is -2.21. The van der Waals surface area contributed by atoms with Crippen molar-refractivity contribution in [1.29, 1.82) is 0 Å². The van der Waals surface area contributed by atoms with Gasteiger partial charge in [-0.05, 0) is 101 Å². The number of ether oxygens (including phenoxy) is 2. The van der Waals surface area contributed by atoms with Crippen LogP contribution < -0.4 is 0 Å². The van der Waals surface area contributed by atoms with Crippen molar-refractivity contribution in [2.45, 2.75) is 181 Å². The molecule has 0 atom stereocenters. The minimum atomic E-state index is 0.695. The molecule has 0 N–H and O–H groups in total. The van der Waals surface area contributed by atoms with E-state index in [9.17, 15) is 0 Å². The molecule has 0 aliphatic rings. The van der Waals surface area contributed by atoms with Crippen LogP contribution in [0.3, 0.4) is 0 Å². The zero-order valence-electron chi connectivity index (χ0n) is 35.0. The van der Waals surface area contributed by atoms with Gasteiger partial charge in [0.2, 0.25) is 0 Å². The van der Waals surface area contributed by atoms with E-state index in [1.165, 1.54) is 190 Å². The molecule has 4 nitrogen and oxygen atoms in total. The van der Waals surface area contributed by atoms with Gasteiger partial charge in [-0.3, -0.25) is 0 Å². The van der Waals surface area contributed by atoms with Gasteiger partial charge in [0.25, 0.3) is 0 Å². The van der Waals surface area contributed by atoms with Gasteiger partial charge in [0, 0.05) is 13.2 Å². The fraction of sp³-hybridized carbons (Fsp3) is 0.750. The smallest absolute Gasteiger partial charge is 0.0716 e. The maximum atomic E-state index is 6.01. The third-order valence-electron chi connectivity index (χ3n) is 10.7. The monoisotopic (exact) mass is 721 g/mol. The Morgan fingerprint density at radius 1 is 0.346 bits per heavy atom. The zero-order valence-corrected chi connectivity index (χ0v) is 35.0. The van der Waals surface area contributed by atoms with E-state index in [0.717, 1.165) is 26.1 Å². The van der Waals surface area contributed by atoms with Gasteiger partial charge >= 0.3 is 0 Å². The van der Waals surface area contributed by atoms with E-state index in [4.69, 9.17) is 9.47 Å². The molecule has 2 rings (SSSR count). The fourth-order valence-corrected chi connectivity index (χ4v) is 7.10. The van der Waals surface area contributed by atoms with Crippen LogP contribution in [0.25, 0.3) is 11.1 Å². The molecule has 298 valence electrons. The highest BCUT2D eigenvalue weighted by atomic mass is 16.5. The van der Waals surface area contributed by atoms with Crippen molar-refractivity contribution in [3.8, 4) is 11.1 Å². The molecule has 0 amide bonds. The van der Waals surface area contributed by atoms with Crippen LogP contribution in [0.4, 0.5) is 0 Å². The van der Waals surface area contributed by atoms with Gasteiger partial charge < -0.3 is 19.3 Å². The van der Waals surface area contributed by atoms with Gasteiger partial charge in [0.15, 0.2) is 0 Å². The third-order valence-corrected chi connectivity index (χ3v) is 10.7. The van der Waals surface area contributed by atoms with Crippen molar-refractivity contribution in [3.05, 3.63) is 59.7 Å². The highest BCUT2D eigenvalue weighted by Gasteiger charge is 2.03. The van der Waals surface area contributed by atoms with Crippen LogP contribution in [0.2, 0.25) is 0 Å². The Morgan fingerprint density at radius 3 is 0.923 bits per heavy atom. The molecule has 4 heteroatoms. The van der Waals surface area contributed by atoms with E-state index in [2.05, 4.69) is 86.3 Å². The van der Waals surface area contributed by atoms with Crippen molar-refractivity contribution in [2.75, 3.05) is 53.5 Å².